The topological polar surface area (TPSA) is 104 Å². The minimum absolute atomic E-state index is 0.00818. The maximum absolute atomic E-state index is 13.4. The molecule has 1 fully saturated rings. The summed E-state index contributed by atoms with van der Waals surface area (Å²) < 4.78 is 55.0. The summed E-state index contributed by atoms with van der Waals surface area (Å²) in [6.07, 6.45) is 2.66. The molecule has 0 radical (unpaired) electrons. The molecular weight excluding hydrogens is 557 g/mol. The first-order valence-electron chi connectivity index (χ1n) is 11.5. The smallest absolute Gasteiger partial charge is 0.264 e. The monoisotopic (exact) mass is 581 g/mol. The summed E-state index contributed by atoms with van der Waals surface area (Å²) in [5.41, 5.74) is 0.447. The minimum atomic E-state index is -4.14. The molecule has 37 heavy (non-hydrogen) atoms. The van der Waals surface area contributed by atoms with Gasteiger partial charge < -0.3 is 5.32 Å². The molecule has 196 valence electrons. The highest BCUT2D eigenvalue weighted by atomic mass is 35.5. The molecule has 1 amide bonds. The van der Waals surface area contributed by atoms with Crippen LogP contribution in [0.25, 0.3) is 0 Å². The molecule has 0 aromatic heterocycles. The van der Waals surface area contributed by atoms with Gasteiger partial charge in [-0.05, 0) is 67.4 Å². The average molecular weight is 583 g/mol. The number of carbonyl (C=O) groups excluding carboxylic acids is 1. The van der Waals surface area contributed by atoms with Crippen molar-refractivity contribution in [2.75, 3.05) is 29.3 Å². The van der Waals surface area contributed by atoms with Gasteiger partial charge in [0.15, 0.2) is 0 Å². The standard InChI is InChI=1S/C25H25Cl2N3O5S2/c26-19-15-20(27)17-22(16-19)30(37(34,35)23-7-3-1-4-8-23)18-25(31)28-21-9-11-24(12-10-21)36(32,33)29-13-5-2-6-14-29/h1,3-4,7-12,15-17H,2,5-6,13-14,18H2,(H,28,31). The first-order chi connectivity index (χ1) is 17.6. The van der Waals surface area contributed by atoms with Gasteiger partial charge in [0.2, 0.25) is 15.9 Å². The Bertz CT molecular complexity index is 1460. The van der Waals surface area contributed by atoms with Gasteiger partial charge in [-0.15, -0.1) is 0 Å². The van der Waals surface area contributed by atoms with Crippen LogP contribution >= 0.6 is 23.2 Å². The number of amides is 1. The summed E-state index contributed by atoms with van der Waals surface area (Å²) in [6, 6.07) is 17.8. The molecule has 0 atom stereocenters. The molecule has 1 N–H and O–H groups in total. The van der Waals surface area contributed by atoms with Crippen LogP contribution in [0.15, 0.2) is 82.6 Å². The molecule has 0 saturated carbocycles. The predicted molar refractivity (Wildman–Crippen MR) is 145 cm³/mol. The Balaban J connectivity index is 1.56. The summed E-state index contributed by atoms with van der Waals surface area (Å²) in [4.78, 5) is 13.1. The lowest BCUT2D eigenvalue weighted by Gasteiger charge is -2.26. The zero-order valence-electron chi connectivity index (χ0n) is 19.7. The number of hydrogen-bond acceptors (Lipinski definition) is 5. The molecule has 8 nitrogen and oxygen atoms in total. The second-order valence-electron chi connectivity index (χ2n) is 8.49. The fourth-order valence-corrected chi connectivity index (χ4v) is 7.47. The second-order valence-corrected chi connectivity index (χ2v) is 13.2. The molecule has 1 saturated heterocycles. The zero-order valence-corrected chi connectivity index (χ0v) is 22.8. The van der Waals surface area contributed by atoms with Crippen molar-refractivity contribution < 1.29 is 21.6 Å². The lowest BCUT2D eigenvalue weighted by Crippen LogP contribution is -2.38. The molecule has 3 aromatic rings. The van der Waals surface area contributed by atoms with Gasteiger partial charge in [0.05, 0.1) is 15.5 Å². The largest absolute Gasteiger partial charge is 0.325 e. The van der Waals surface area contributed by atoms with Crippen LogP contribution in [-0.2, 0) is 24.8 Å². The van der Waals surface area contributed by atoms with E-state index in [1.165, 1.54) is 58.9 Å². The Morgan fingerprint density at radius 1 is 0.811 bits per heavy atom. The van der Waals surface area contributed by atoms with Crippen molar-refractivity contribution >= 4 is 60.5 Å². The predicted octanol–water partition coefficient (Wildman–Crippen LogP) is 5.00. The number of rotatable bonds is 8. The van der Waals surface area contributed by atoms with Gasteiger partial charge in [0.25, 0.3) is 10.0 Å². The number of anilines is 2. The average Bonchev–Trinajstić information content (AvgIpc) is 2.88. The molecule has 0 spiro atoms. The van der Waals surface area contributed by atoms with Gasteiger partial charge in [-0.25, -0.2) is 16.8 Å². The Hall–Kier alpha value is -2.63. The summed E-state index contributed by atoms with van der Waals surface area (Å²) >= 11 is 12.2. The lowest BCUT2D eigenvalue weighted by molar-refractivity contribution is -0.114. The Labute approximate surface area is 226 Å². The molecule has 1 aliphatic rings. The maximum Gasteiger partial charge on any atom is 0.264 e. The molecule has 4 rings (SSSR count). The number of nitrogens with zero attached hydrogens (tertiary/aromatic N) is 2. The van der Waals surface area contributed by atoms with E-state index in [1.807, 2.05) is 0 Å². The Morgan fingerprint density at radius 3 is 2.00 bits per heavy atom. The fourth-order valence-electron chi connectivity index (χ4n) is 4.01. The van der Waals surface area contributed by atoms with E-state index >= 15 is 0 Å². The van der Waals surface area contributed by atoms with Crippen molar-refractivity contribution in [3.8, 4) is 0 Å². The second kappa shape index (κ2) is 11.4. The van der Waals surface area contributed by atoms with E-state index in [2.05, 4.69) is 5.32 Å². The molecule has 0 aliphatic carbocycles. The lowest BCUT2D eigenvalue weighted by atomic mass is 10.2. The van der Waals surface area contributed by atoms with Gasteiger partial charge in [-0.1, -0.05) is 47.8 Å². The van der Waals surface area contributed by atoms with Crippen LogP contribution in [0.1, 0.15) is 19.3 Å². The summed E-state index contributed by atoms with van der Waals surface area (Å²) in [5.74, 6) is -0.637. The molecule has 12 heteroatoms. The normalized spacial score (nSPS) is 14.8. The zero-order chi connectivity index (χ0) is 26.6. The highest BCUT2D eigenvalue weighted by molar-refractivity contribution is 7.92. The van der Waals surface area contributed by atoms with E-state index in [0.717, 1.165) is 23.6 Å². The number of benzene rings is 3. The number of carbonyl (C=O) groups is 1. The summed E-state index contributed by atoms with van der Waals surface area (Å²) in [5, 5.41) is 3.05. The van der Waals surface area contributed by atoms with Crippen molar-refractivity contribution in [3.63, 3.8) is 0 Å². The molecule has 0 bridgehead atoms. The first-order valence-corrected chi connectivity index (χ1v) is 15.1. The van der Waals surface area contributed by atoms with Crippen LogP contribution < -0.4 is 9.62 Å². The molecule has 1 aliphatic heterocycles. The van der Waals surface area contributed by atoms with Crippen molar-refractivity contribution in [1.29, 1.82) is 0 Å². The van der Waals surface area contributed by atoms with E-state index < -0.39 is 32.5 Å². The summed E-state index contributed by atoms with van der Waals surface area (Å²) in [6.45, 7) is 0.405. The van der Waals surface area contributed by atoms with E-state index in [1.54, 1.807) is 18.2 Å². The molecule has 0 unspecified atom stereocenters. The molecule has 3 aromatic carbocycles. The highest BCUT2D eigenvalue weighted by Gasteiger charge is 2.28. The van der Waals surface area contributed by atoms with Crippen LogP contribution in [0.2, 0.25) is 10.0 Å². The number of halogens is 2. The maximum atomic E-state index is 13.4. The van der Waals surface area contributed by atoms with Crippen LogP contribution in [0.5, 0.6) is 0 Å². The van der Waals surface area contributed by atoms with Crippen molar-refractivity contribution in [1.82, 2.24) is 4.31 Å². The Morgan fingerprint density at radius 2 is 1.41 bits per heavy atom. The SMILES string of the molecule is O=C(CN(c1cc(Cl)cc(Cl)c1)S(=O)(=O)c1ccccc1)Nc1ccc(S(=O)(=O)N2CCCCC2)cc1. The van der Waals surface area contributed by atoms with Gasteiger partial charge in [-0.3, -0.25) is 9.10 Å². The van der Waals surface area contributed by atoms with E-state index in [0.29, 0.717) is 18.8 Å². The first kappa shape index (κ1) is 27.4. The van der Waals surface area contributed by atoms with Crippen LogP contribution in [0.3, 0.4) is 0 Å². The Kier molecular flexibility index (Phi) is 8.45. The number of nitrogens with one attached hydrogen (secondary N) is 1. The number of piperidine rings is 1. The van der Waals surface area contributed by atoms with E-state index in [9.17, 15) is 21.6 Å². The number of sulfonamides is 2. The number of hydrogen-bond donors (Lipinski definition) is 1. The van der Waals surface area contributed by atoms with Crippen molar-refractivity contribution in [2.45, 2.75) is 29.1 Å². The van der Waals surface area contributed by atoms with Crippen LogP contribution in [0.4, 0.5) is 11.4 Å². The summed E-state index contributed by atoms with van der Waals surface area (Å²) in [7, 11) is -7.76. The van der Waals surface area contributed by atoms with Gasteiger partial charge in [-0.2, -0.15) is 4.31 Å². The van der Waals surface area contributed by atoms with Gasteiger partial charge >= 0.3 is 0 Å². The quantitative estimate of drug-likeness (QED) is 0.403. The van der Waals surface area contributed by atoms with Crippen LogP contribution in [-0.4, -0.2) is 46.7 Å². The molecule has 1 heterocycles. The van der Waals surface area contributed by atoms with Gasteiger partial charge in [0.1, 0.15) is 6.54 Å². The third kappa shape index (κ3) is 6.45. The minimum Gasteiger partial charge on any atom is -0.325 e. The third-order valence-electron chi connectivity index (χ3n) is 5.84. The van der Waals surface area contributed by atoms with Crippen LogP contribution in [0, 0.1) is 0 Å². The molecular formula is C25H25Cl2N3O5S2. The third-order valence-corrected chi connectivity index (χ3v) is 9.98. The van der Waals surface area contributed by atoms with E-state index in [4.69, 9.17) is 23.2 Å². The fraction of sp³-hybridized carbons (Fsp3) is 0.240. The van der Waals surface area contributed by atoms with Gasteiger partial charge in [0, 0.05) is 28.8 Å². The van der Waals surface area contributed by atoms with E-state index in [-0.39, 0.29) is 25.5 Å². The van der Waals surface area contributed by atoms with Crippen molar-refractivity contribution in [3.05, 3.63) is 82.8 Å². The highest BCUT2D eigenvalue weighted by Crippen LogP contribution is 2.30. The van der Waals surface area contributed by atoms with Crippen molar-refractivity contribution in [2.24, 2.45) is 0 Å².